The summed E-state index contributed by atoms with van der Waals surface area (Å²) in [5, 5.41) is 7.66. The molecule has 6 heteroatoms. The van der Waals surface area contributed by atoms with Crippen LogP contribution in [-0.2, 0) is 9.53 Å². The van der Waals surface area contributed by atoms with Gasteiger partial charge in [-0.3, -0.25) is 9.78 Å². The number of carbonyl (C=O) groups is 1. The van der Waals surface area contributed by atoms with Crippen molar-refractivity contribution < 1.29 is 9.53 Å². The number of rotatable bonds is 6. The van der Waals surface area contributed by atoms with Crippen LogP contribution < -0.4 is 16.4 Å². The summed E-state index contributed by atoms with van der Waals surface area (Å²) in [6.45, 7) is 1.19. The Balaban J connectivity index is 2.03. The molecule has 2 aromatic rings. The van der Waals surface area contributed by atoms with E-state index in [1.165, 1.54) is 0 Å². The number of amides is 1. The third-order valence-electron chi connectivity index (χ3n) is 2.92. The molecule has 4 N–H and O–H groups in total. The number of hydrogen-bond donors (Lipinski definition) is 3. The smallest absolute Gasteiger partial charge is 0.239 e. The highest BCUT2D eigenvalue weighted by molar-refractivity contribution is 6.01. The van der Waals surface area contributed by atoms with E-state index in [0.29, 0.717) is 18.8 Å². The summed E-state index contributed by atoms with van der Waals surface area (Å²) in [5.74, 6) is -0.0871. The van der Waals surface area contributed by atoms with Crippen LogP contribution in [0.25, 0.3) is 10.8 Å². The molecule has 2 rings (SSSR count). The standard InChI is InChI=1S/C14H18N4O2/c1-20-7-6-17-14(19)9-18-13-3-2-12(15)10-4-5-16-8-11(10)13/h2-5,8,18H,6-7,9,15H2,1H3,(H,17,19). The molecule has 0 aliphatic heterocycles. The van der Waals surface area contributed by atoms with Crippen molar-refractivity contribution in [1.29, 1.82) is 0 Å². The molecule has 1 aromatic heterocycles. The first kappa shape index (κ1) is 14.1. The van der Waals surface area contributed by atoms with Gasteiger partial charge in [0.05, 0.1) is 13.2 Å². The minimum Gasteiger partial charge on any atom is -0.398 e. The quantitative estimate of drug-likeness (QED) is 0.540. The van der Waals surface area contributed by atoms with Crippen molar-refractivity contribution >= 4 is 28.1 Å². The summed E-state index contributed by atoms with van der Waals surface area (Å²) in [6, 6.07) is 5.52. The molecule has 0 aliphatic rings. The Morgan fingerprint density at radius 2 is 2.20 bits per heavy atom. The molecule has 106 valence electrons. The maximum absolute atomic E-state index is 11.6. The van der Waals surface area contributed by atoms with E-state index in [0.717, 1.165) is 16.5 Å². The summed E-state index contributed by atoms with van der Waals surface area (Å²) >= 11 is 0. The SMILES string of the molecule is COCCNC(=O)CNc1ccc(N)c2ccncc12. The summed E-state index contributed by atoms with van der Waals surface area (Å²) in [5.41, 5.74) is 7.44. The van der Waals surface area contributed by atoms with Crippen molar-refractivity contribution in [3.63, 3.8) is 0 Å². The summed E-state index contributed by atoms with van der Waals surface area (Å²) in [6.07, 6.45) is 3.43. The topological polar surface area (TPSA) is 89.3 Å². The monoisotopic (exact) mass is 274 g/mol. The average molecular weight is 274 g/mol. The lowest BCUT2D eigenvalue weighted by Gasteiger charge is -2.11. The number of aromatic nitrogens is 1. The van der Waals surface area contributed by atoms with E-state index in [2.05, 4.69) is 15.6 Å². The lowest BCUT2D eigenvalue weighted by atomic mass is 10.1. The number of carbonyl (C=O) groups excluding carboxylic acids is 1. The Hall–Kier alpha value is -2.34. The predicted octanol–water partition coefficient (Wildman–Crippen LogP) is 0.991. The van der Waals surface area contributed by atoms with Gasteiger partial charge in [-0.1, -0.05) is 0 Å². The number of methoxy groups -OCH3 is 1. The van der Waals surface area contributed by atoms with Crippen molar-refractivity contribution in [3.05, 3.63) is 30.6 Å². The van der Waals surface area contributed by atoms with Gasteiger partial charge >= 0.3 is 0 Å². The van der Waals surface area contributed by atoms with E-state index in [1.54, 1.807) is 19.5 Å². The highest BCUT2D eigenvalue weighted by Crippen LogP contribution is 2.27. The number of anilines is 2. The Kier molecular flexibility index (Phi) is 4.73. The average Bonchev–Trinajstić information content (AvgIpc) is 2.47. The number of fused-ring (bicyclic) bond motifs is 1. The van der Waals surface area contributed by atoms with Crippen molar-refractivity contribution in [3.8, 4) is 0 Å². The molecule has 0 saturated carbocycles. The molecule has 0 aliphatic carbocycles. The Morgan fingerprint density at radius 3 is 3.00 bits per heavy atom. The molecule has 0 unspecified atom stereocenters. The molecule has 20 heavy (non-hydrogen) atoms. The van der Waals surface area contributed by atoms with Crippen molar-refractivity contribution in [1.82, 2.24) is 10.3 Å². The van der Waals surface area contributed by atoms with Gasteiger partial charge in [0.1, 0.15) is 0 Å². The largest absolute Gasteiger partial charge is 0.398 e. The Morgan fingerprint density at radius 1 is 1.35 bits per heavy atom. The lowest BCUT2D eigenvalue weighted by molar-refractivity contribution is -0.119. The zero-order valence-corrected chi connectivity index (χ0v) is 11.3. The minimum atomic E-state index is -0.0871. The molecule has 1 heterocycles. The van der Waals surface area contributed by atoms with Gasteiger partial charge in [0, 0.05) is 48.2 Å². The fourth-order valence-corrected chi connectivity index (χ4v) is 1.90. The molecule has 0 saturated heterocycles. The first-order valence-electron chi connectivity index (χ1n) is 6.34. The first-order valence-corrected chi connectivity index (χ1v) is 6.34. The van der Waals surface area contributed by atoms with Crippen LogP contribution in [-0.4, -0.2) is 37.7 Å². The van der Waals surface area contributed by atoms with Gasteiger partial charge in [0.25, 0.3) is 0 Å². The molecule has 0 spiro atoms. The van der Waals surface area contributed by atoms with E-state index in [-0.39, 0.29) is 12.5 Å². The highest BCUT2D eigenvalue weighted by Gasteiger charge is 2.05. The summed E-state index contributed by atoms with van der Waals surface area (Å²) in [4.78, 5) is 15.7. The number of benzene rings is 1. The normalized spacial score (nSPS) is 10.4. The van der Waals surface area contributed by atoms with Crippen molar-refractivity contribution in [2.45, 2.75) is 0 Å². The second kappa shape index (κ2) is 6.72. The lowest BCUT2D eigenvalue weighted by Crippen LogP contribution is -2.32. The van der Waals surface area contributed by atoms with Crippen LogP contribution in [0, 0.1) is 0 Å². The van der Waals surface area contributed by atoms with Gasteiger partial charge in [-0.25, -0.2) is 0 Å². The minimum absolute atomic E-state index is 0.0871. The summed E-state index contributed by atoms with van der Waals surface area (Å²) in [7, 11) is 1.60. The van der Waals surface area contributed by atoms with Crippen LogP contribution in [0.15, 0.2) is 30.6 Å². The maximum Gasteiger partial charge on any atom is 0.239 e. The van der Waals surface area contributed by atoms with Crippen LogP contribution in [0.2, 0.25) is 0 Å². The maximum atomic E-state index is 11.6. The van der Waals surface area contributed by atoms with Gasteiger partial charge in [0.2, 0.25) is 5.91 Å². The van der Waals surface area contributed by atoms with E-state index in [4.69, 9.17) is 10.5 Å². The van der Waals surface area contributed by atoms with Crippen LogP contribution in [0.3, 0.4) is 0 Å². The number of nitrogens with one attached hydrogen (secondary N) is 2. The molecule has 0 fully saturated rings. The molecule has 6 nitrogen and oxygen atoms in total. The number of nitrogens with two attached hydrogens (primary N) is 1. The fourth-order valence-electron chi connectivity index (χ4n) is 1.90. The first-order chi connectivity index (χ1) is 9.72. The zero-order chi connectivity index (χ0) is 14.4. The fraction of sp³-hybridized carbons (Fsp3) is 0.286. The number of nitrogens with zero attached hydrogens (tertiary/aromatic N) is 1. The zero-order valence-electron chi connectivity index (χ0n) is 11.3. The van der Waals surface area contributed by atoms with Crippen LogP contribution >= 0.6 is 0 Å². The van der Waals surface area contributed by atoms with E-state index in [1.807, 2.05) is 18.2 Å². The van der Waals surface area contributed by atoms with Crippen LogP contribution in [0.5, 0.6) is 0 Å². The molecular weight excluding hydrogens is 256 g/mol. The summed E-state index contributed by atoms with van der Waals surface area (Å²) < 4.78 is 4.87. The van der Waals surface area contributed by atoms with E-state index < -0.39 is 0 Å². The second-order valence-electron chi connectivity index (χ2n) is 4.32. The number of hydrogen-bond acceptors (Lipinski definition) is 5. The van der Waals surface area contributed by atoms with Gasteiger partial charge < -0.3 is 21.1 Å². The molecule has 0 radical (unpaired) electrons. The molecule has 1 amide bonds. The van der Waals surface area contributed by atoms with Gasteiger partial charge in [0.15, 0.2) is 0 Å². The van der Waals surface area contributed by atoms with E-state index >= 15 is 0 Å². The third-order valence-corrected chi connectivity index (χ3v) is 2.92. The highest BCUT2D eigenvalue weighted by atomic mass is 16.5. The van der Waals surface area contributed by atoms with Crippen LogP contribution in [0.1, 0.15) is 0 Å². The number of ether oxygens (including phenoxy) is 1. The third kappa shape index (κ3) is 3.36. The van der Waals surface area contributed by atoms with E-state index in [9.17, 15) is 4.79 Å². The molecule has 1 aromatic carbocycles. The molecule has 0 atom stereocenters. The van der Waals surface area contributed by atoms with Gasteiger partial charge in [-0.05, 0) is 18.2 Å². The predicted molar refractivity (Wildman–Crippen MR) is 79.5 cm³/mol. The van der Waals surface area contributed by atoms with Crippen molar-refractivity contribution in [2.24, 2.45) is 0 Å². The number of nitrogen functional groups attached to an aromatic ring is 1. The molecular formula is C14H18N4O2. The van der Waals surface area contributed by atoms with Gasteiger partial charge in [-0.2, -0.15) is 0 Å². The Labute approximate surface area is 117 Å². The van der Waals surface area contributed by atoms with Crippen molar-refractivity contribution in [2.75, 3.05) is 37.9 Å². The number of pyridine rings is 1. The molecule has 0 bridgehead atoms. The van der Waals surface area contributed by atoms with Crippen LogP contribution in [0.4, 0.5) is 11.4 Å². The van der Waals surface area contributed by atoms with Gasteiger partial charge in [-0.15, -0.1) is 0 Å². The Bertz CT molecular complexity index is 601. The second-order valence-corrected chi connectivity index (χ2v) is 4.32.